The van der Waals surface area contributed by atoms with Gasteiger partial charge < -0.3 is 9.84 Å². The lowest BCUT2D eigenvalue weighted by Gasteiger charge is -2.61. The summed E-state index contributed by atoms with van der Waals surface area (Å²) in [4.78, 5) is 12.1. The van der Waals surface area contributed by atoms with E-state index in [0.717, 1.165) is 51.6 Å². The summed E-state index contributed by atoms with van der Waals surface area (Å²) in [5.41, 5.74) is -0.0495. The zero-order valence-electron chi connectivity index (χ0n) is 13.9. The fourth-order valence-electron chi connectivity index (χ4n) is 7.48. The van der Waals surface area contributed by atoms with Crippen LogP contribution in [0.4, 0.5) is 0 Å². The van der Waals surface area contributed by atoms with Crippen molar-refractivity contribution in [3.05, 3.63) is 0 Å². The van der Waals surface area contributed by atoms with E-state index in [1.807, 2.05) is 0 Å². The molecule has 3 nitrogen and oxygen atoms in total. The van der Waals surface area contributed by atoms with Gasteiger partial charge in [-0.25, -0.2) is 0 Å². The van der Waals surface area contributed by atoms with Gasteiger partial charge in [0.25, 0.3) is 0 Å². The summed E-state index contributed by atoms with van der Waals surface area (Å²) in [5.74, 6) is 2.20. The number of hydrogen-bond donors (Lipinski definition) is 1. The number of aliphatic hydroxyl groups is 1. The zero-order valence-corrected chi connectivity index (χ0v) is 14.6. The molecule has 1 saturated heterocycles. The molecule has 0 aromatic rings. The minimum atomic E-state index is -0.373. The molecule has 5 aliphatic rings. The molecule has 1 N–H and O–H groups in total. The molecule has 1 unspecified atom stereocenters. The summed E-state index contributed by atoms with van der Waals surface area (Å²) in [6.45, 7) is 2.99. The van der Waals surface area contributed by atoms with Crippen molar-refractivity contribution in [3.8, 4) is 0 Å². The lowest BCUT2D eigenvalue weighted by atomic mass is 9.45. The first-order valence-electron chi connectivity index (χ1n) is 9.43. The first-order chi connectivity index (χ1) is 10.9. The molecular weight excluding hydrogens is 312 g/mol. The second-order valence-electron chi connectivity index (χ2n) is 9.25. The number of hydrogen-bond acceptors (Lipinski definition) is 3. The number of alkyl halides is 1. The van der Waals surface area contributed by atoms with E-state index in [9.17, 15) is 9.90 Å². The summed E-state index contributed by atoms with van der Waals surface area (Å²) in [6.07, 6.45) is 7.30. The number of ether oxygens (including phenoxy) is 1. The third kappa shape index (κ3) is 1.63. The molecule has 4 saturated carbocycles. The molecule has 5 fully saturated rings. The Morgan fingerprint density at radius 1 is 1.22 bits per heavy atom. The number of aliphatic hydroxyl groups excluding tert-OH is 1. The predicted octanol–water partition coefficient (Wildman–Crippen LogP) is 3.31. The topological polar surface area (TPSA) is 46.5 Å². The van der Waals surface area contributed by atoms with Crippen molar-refractivity contribution in [1.29, 1.82) is 0 Å². The van der Waals surface area contributed by atoms with Gasteiger partial charge in [-0.15, -0.1) is 11.6 Å². The Bertz CT molecular complexity index is 565. The van der Waals surface area contributed by atoms with Gasteiger partial charge in [0.2, 0.25) is 0 Å². The quantitative estimate of drug-likeness (QED) is 0.689. The smallest absolute Gasteiger partial charge is 0.139 e. The Morgan fingerprint density at radius 3 is 2.87 bits per heavy atom. The van der Waals surface area contributed by atoms with Crippen LogP contribution in [0, 0.1) is 28.6 Å². The van der Waals surface area contributed by atoms with E-state index >= 15 is 0 Å². The summed E-state index contributed by atoms with van der Waals surface area (Å²) >= 11 is 7.20. The second-order valence-corrected chi connectivity index (χ2v) is 9.92. The van der Waals surface area contributed by atoms with Crippen molar-refractivity contribution in [2.75, 3.05) is 6.61 Å². The molecule has 5 rings (SSSR count). The van der Waals surface area contributed by atoms with Crippen LogP contribution in [0.1, 0.15) is 58.3 Å². The minimum absolute atomic E-state index is 0.0360. The monoisotopic (exact) mass is 338 g/mol. The summed E-state index contributed by atoms with van der Waals surface area (Å²) in [6, 6.07) is 0. The van der Waals surface area contributed by atoms with Crippen LogP contribution in [-0.2, 0) is 9.53 Å². The van der Waals surface area contributed by atoms with Crippen molar-refractivity contribution in [2.24, 2.45) is 28.6 Å². The van der Waals surface area contributed by atoms with E-state index in [1.54, 1.807) is 0 Å². The molecule has 1 aliphatic heterocycles. The predicted molar refractivity (Wildman–Crippen MR) is 87.3 cm³/mol. The fraction of sp³-hybridized carbons (Fsp3) is 0.947. The first kappa shape index (κ1) is 15.2. The maximum Gasteiger partial charge on any atom is 0.139 e. The largest absolute Gasteiger partial charge is 0.393 e. The SMILES string of the molecule is C[C@]12CC[C@H]3[C@@H](CC4OC[C@@]35CC[C@H](O)C[C@]45Cl)[C@@H]1CCC2=O. The van der Waals surface area contributed by atoms with Crippen molar-refractivity contribution < 1.29 is 14.6 Å². The van der Waals surface area contributed by atoms with E-state index in [2.05, 4.69) is 6.92 Å². The fourth-order valence-corrected chi connectivity index (χ4v) is 8.10. The maximum absolute atomic E-state index is 12.5. The molecule has 2 bridgehead atoms. The average Bonchev–Trinajstić information content (AvgIpc) is 2.88. The Balaban J connectivity index is 1.56. The normalized spacial score (nSPS) is 61.0. The van der Waals surface area contributed by atoms with Crippen LogP contribution in [0.15, 0.2) is 0 Å². The summed E-state index contributed by atoms with van der Waals surface area (Å²) in [7, 11) is 0. The van der Waals surface area contributed by atoms with Crippen LogP contribution >= 0.6 is 11.6 Å². The Kier molecular flexibility index (Phi) is 2.99. The highest BCUT2D eigenvalue weighted by atomic mass is 35.5. The van der Waals surface area contributed by atoms with Crippen molar-refractivity contribution in [1.82, 2.24) is 0 Å². The maximum atomic E-state index is 12.5. The van der Waals surface area contributed by atoms with Crippen LogP contribution in [-0.4, -0.2) is 34.6 Å². The van der Waals surface area contributed by atoms with Gasteiger partial charge in [0.15, 0.2) is 0 Å². The molecule has 4 aliphatic carbocycles. The Morgan fingerprint density at radius 2 is 2.04 bits per heavy atom. The first-order valence-corrected chi connectivity index (χ1v) is 9.80. The van der Waals surface area contributed by atoms with Crippen LogP contribution in [0.5, 0.6) is 0 Å². The zero-order chi connectivity index (χ0) is 16.0. The number of halogens is 1. The highest BCUT2D eigenvalue weighted by Crippen LogP contribution is 2.71. The number of fused-ring (bicyclic) bond motifs is 3. The van der Waals surface area contributed by atoms with E-state index in [4.69, 9.17) is 16.3 Å². The molecule has 8 atom stereocenters. The van der Waals surface area contributed by atoms with Crippen LogP contribution in [0.25, 0.3) is 0 Å². The number of carbonyl (C=O) groups is 1. The van der Waals surface area contributed by atoms with Crippen molar-refractivity contribution in [3.63, 3.8) is 0 Å². The standard InChI is InChI=1S/C19H27ClO3/c1-17-6-5-14-12(13(17)2-3-15(17)22)8-16-19(20)9-11(21)4-7-18(14,19)10-23-16/h11-14,16,21H,2-10H2,1H3/t11-,12-,13-,14-,16?,17-,18-,19-/m0/s1. The van der Waals surface area contributed by atoms with E-state index in [0.29, 0.717) is 30.0 Å². The van der Waals surface area contributed by atoms with Gasteiger partial charge in [-0.2, -0.15) is 0 Å². The summed E-state index contributed by atoms with van der Waals surface area (Å²) in [5, 5.41) is 10.2. The van der Waals surface area contributed by atoms with Gasteiger partial charge in [-0.3, -0.25) is 4.79 Å². The van der Waals surface area contributed by atoms with Gasteiger partial charge in [0.1, 0.15) is 5.78 Å². The van der Waals surface area contributed by atoms with Crippen LogP contribution in [0.3, 0.4) is 0 Å². The lowest BCUT2D eigenvalue weighted by molar-refractivity contribution is -0.137. The van der Waals surface area contributed by atoms with Gasteiger partial charge >= 0.3 is 0 Å². The third-order valence-corrected chi connectivity index (χ3v) is 9.45. The molecule has 4 heteroatoms. The number of Topliss-reactive ketones (excluding diaryl/α,β-unsaturated/α-hetero) is 1. The highest BCUT2D eigenvalue weighted by molar-refractivity contribution is 6.25. The van der Waals surface area contributed by atoms with Gasteiger partial charge in [0, 0.05) is 17.3 Å². The molecular formula is C19H27ClO3. The molecule has 128 valence electrons. The van der Waals surface area contributed by atoms with E-state index in [1.165, 1.54) is 0 Å². The van der Waals surface area contributed by atoms with Crippen LogP contribution in [0.2, 0.25) is 0 Å². The summed E-state index contributed by atoms with van der Waals surface area (Å²) < 4.78 is 6.24. The number of carbonyl (C=O) groups excluding carboxylic acids is 1. The second kappa shape index (κ2) is 4.53. The molecule has 0 spiro atoms. The molecule has 0 amide bonds. The molecule has 23 heavy (non-hydrogen) atoms. The van der Waals surface area contributed by atoms with Gasteiger partial charge in [-0.1, -0.05) is 6.92 Å². The van der Waals surface area contributed by atoms with E-state index in [-0.39, 0.29) is 27.9 Å². The minimum Gasteiger partial charge on any atom is -0.393 e. The van der Waals surface area contributed by atoms with Gasteiger partial charge in [0.05, 0.1) is 23.7 Å². The van der Waals surface area contributed by atoms with Gasteiger partial charge in [-0.05, 0) is 62.7 Å². The third-order valence-electron chi connectivity index (χ3n) is 8.68. The van der Waals surface area contributed by atoms with Crippen LogP contribution < -0.4 is 0 Å². The van der Waals surface area contributed by atoms with E-state index < -0.39 is 0 Å². The molecule has 0 radical (unpaired) electrons. The average molecular weight is 339 g/mol. The molecule has 1 heterocycles. The van der Waals surface area contributed by atoms with Crippen molar-refractivity contribution in [2.45, 2.75) is 75.4 Å². The molecule has 0 aromatic heterocycles. The highest BCUT2D eigenvalue weighted by Gasteiger charge is 2.72. The Hall–Kier alpha value is -0.120. The molecule has 0 aromatic carbocycles. The number of rotatable bonds is 0. The lowest BCUT2D eigenvalue weighted by Crippen LogP contribution is -2.63. The van der Waals surface area contributed by atoms with Crippen molar-refractivity contribution >= 4 is 17.4 Å². The Labute approximate surface area is 143 Å². The number of ketones is 1.